The molecule has 3 N–H and O–H groups in total. The van der Waals surface area contributed by atoms with Crippen molar-refractivity contribution in [2.24, 2.45) is 11.8 Å². The van der Waals surface area contributed by atoms with Crippen LogP contribution in [0.25, 0.3) is 0 Å². The van der Waals surface area contributed by atoms with Gasteiger partial charge in [-0.05, 0) is 0 Å². The quantitative estimate of drug-likeness (QED) is 0.479. The van der Waals surface area contributed by atoms with E-state index in [1.54, 1.807) is 0 Å². The topological polar surface area (TPSA) is 138 Å². The van der Waals surface area contributed by atoms with Crippen LogP contribution in [0.2, 0.25) is 0 Å². The van der Waals surface area contributed by atoms with Gasteiger partial charge in [-0.25, -0.2) is 0 Å². The molecule has 148 valence electrons. The van der Waals surface area contributed by atoms with E-state index in [2.05, 4.69) is 18.9 Å². The van der Waals surface area contributed by atoms with E-state index in [-0.39, 0.29) is 43.7 Å². The number of rotatable bonds is 1. The molecule has 0 spiro atoms. The van der Waals surface area contributed by atoms with Crippen molar-refractivity contribution in [3.05, 3.63) is 0 Å². The molecule has 0 radical (unpaired) electrons. The maximum Gasteiger partial charge on any atom is 0.311 e. The Morgan fingerprint density at radius 1 is 0.962 bits per heavy atom. The fourth-order valence-electron chi connectivity index (χ4n) is 3.28. The van der Waals surface area contributed by atoms with Gasteiger partial charge in [0.1, 0.15) is 42.5 Å². The summed E-state index contributed by atoms with van der Waals surface area (Å²) in [5, 5.41) is 35.8. The molecule has 0 aliphatic carbocycles. The Hall–Kier alpha value is -1.43. The summed E-state index contributed by atoms with van der Waals surface area (Å²) in [6, 6.07) is 2.09. The average molecular weight is 396 g/mol. The largest absolute Gasteiger partial charge is 0.481 e. The van der Waals surface area contributed by atoms with Crippen molar-refractivity contribution in [1.82, 2.24) is 0 Å². The number of fused-ring (bicyclic) bond motifs is 2. The van der Waals surface area contributed by atoms with Crippen LogP contribution >= 0.6 is 12.4 Å². The highest BCUT2D eigenvalue weighted by Gasteiger charge is 2.50. The van der Waals surface area contributed by atoms with Gasteiger partial charge in [0.2, 0.25) is 0 Å². The maximum atomic E-state index is 10.6. The number of aliphatic carboxylic acids is 1. The monoisotopic (exact) mass is 395 g/mol. The molecule has 0 amide bonds. The molecule has 0 aromatic rings. The van der Waals surface area contributed by atoms with Crippen molar-refractivity contribution in [1.29, 1.82) is 5.26 Å². The van der Waals surface area contributed by atoms with E-state index in [0.29, 0.717) is 13.2 Å². The SMILES string of the molecule is C#C.Cl.N#C[C@@H]1CO[C@H]2[C@@H]1OC[C@@H]2O.O=C(O)[C@@H]1CO[C@H]2[C@@H]1OC[C@@H]2O.[2H][2H]. The minimum Gasteiger partial charge on any atom is -0.481 e. The Bertz CT molecular complexity index is 548. The number of carbonyl (C=O) groups is 1. The van der Waals surface area contributed by atoms with Gasteiger partial charge in [-0.15, -0.1) is 25.3 Å². The van der Waals surface area contributed by atoms with Gasteiger partial charge in [0.05, 0.1) is 38.4 Å². The van der Waals surface area contributed by atoms with Crippen molar-refractivity contribution in [3.63, 3.8) is 0 Å². The first-order chi connectivity index (χ1) is 13.0. The molecule has 8 atom stereocenters. The average Bonchev–Trinajstić information content (AvgIpc) is 3.44. The minimum atomic E-state index is -0.920. The lowest BCUT2D eigenvalue weighted by atomic mass is 10.0. The highest BCUT2D eigenvalue weighted by molar-refractivity contribution is 5.85. The zero-order chi connectivity index (χ0) is 20.6. The number of terminal acetylenes is 1. The van der Waals surface area contributed by atoms with Crippen molar-refractivity contribution >= 4 is 18.4 Å². The first-order valence-corrected chi connectivity index (χ1v) is 7.81. The molecule has 0 bridgehead atoms. The van der Waals surface area contributed by atoms with Crippen molar-refractivity contribution in [2.45, 2.75) is 36.6 Å². The van der Waals surface area contributed by atoms with E-state index in [1.165, 1.54) is 0 Å². The molecule has 4 rings (SSSR count). The fraction of sp³-hybridized carbons (Fsp3) is 0.750. The van der Waals surface area contributed by atoms with Crippen LogP contribution in [-0.4, -0.2) is 84.3 Å². The second-order valence-corrected chi connectivity index (χ2v) is 6.01. The molecule has 0 aromatic carbocycles. The van der Waals surface area contributed by atoms with Crippen LogP contribution < -0.4 is 0 Å². The number of carboxylic acids is 1. The highest BCUT2D eigenvalue weighted by atomic mass is 35.5. The minimum absolute atomic E-state index is 0. The number of nitriles is 1. The third-order valence-electron chi connectivity index (χ3n) is 4.54. The molecule has 10 heteroatoms. The summed E-state index contributed by atoms with van der Waals surface area (Å²) in [6.45, 7) is 1.01. The van der Waals surface area contributed by atoms with E-state index < -0.39 is 36.3 Å². The molecule has 0 unspecified atom stereocenters. The molecule has 4 aliphatic rings. The summed E-state index contributed by atoms with van der Waals surface area (Å²) >= 11 is 0. The first-order valence-electron chi connectivity index (χ1n) is 8.81. The molecule has 9 nitrogen and oxygen atoms in total. The predicted octanol–water partition coefficient (Wildman–Crippen LogP) is -0.952. The van der Waals surface area contributed by atoms with Crippen molar-refractivity contribution in [3.8, 4) is 18.9 Å². The number of aliphatic hydroxyl groups excluding tert-OH is 2. The number of ether oxygens (including phenoxy) is 4. The van der Waals surface area contributed by atoms with Gasteiger partial charge < -0.3 is 34.3 Å². The summed E-state index contributed by atoms with van der Waals surface area (Å²) in [7, 11) is 0. The number of hydrogen-bond acceptors (Lipinski definition) is 8. The third-order valence-corrected chi connectivity index (χ3v) is 4.54. The second-order valence-electron chi connectivity index (χ2n) is 6.01. The molecule has 26 heavy (non-hydrogen) atoms. The van der Waals surface area contributed by atoms with Gasteiger partial charge in [-0.3, -0.25) is 4.79 Å². The summed E-state index contributed by atoms with van der Waals surface area (Å²) in [5.41, 5.74) is 0. The van der Waals surface area contributed by atoms with E-state index >= 15 is 0 Å². The van der Waals surface area contributed by atoms with Crippen LogP contribution in [0.3, 0.4) is 0 Å². The molecular formula is C16H24ClNO8. The Labute approximate surface area is 160 Å². The van der Waals surface area contributed by atoms with Crippen molar-refractivity contribution < 1.29 is 42.0 Å². The lowest BCUT2D eigenvalue weighted by Crippen LogP contribution is -2.31. The lowest BCUT2D eigenvalue weighted by molar-refractivity contribution is -0.144. The summed E-state index contributed by atoms with van der Waals surface area (Å²) in [5.74, 6) is -1.74. The zero-order valence-electron chi connectivity index (χ0n) is 15.8. The van der Waals surface area contributed by atoms with E-state index in [9.17, 15) is 15.0 Å². The third kappa shape index (κ3) is 4.45. The van der Waals surface area contributed by atoms with Crippen molar-refractivity contribution in [2.75, 3.05) is 26.4 Å². The van der Waals surface area contributed by atoms with Crippen LogP contribution in [0.5, 0.6) is 0 Å². The maximum absolute atomic E-state index is 10.6. The predicted molar refractivity (Wildman–Crippen MR) is 90.5 cm³/mol. The molecule has 4 heterocycles. The standard InChI is InChI=1S/C7H9NO3.C7H10O5.C2H2.ClH.H2/c8-1-4-2-10-7-5(9)3-11-6(4)7;8-4-2-12-5-3(7(9)10)1-11-6(4)5;1-2;;/h4-7,9H,2-3H2;3-6,8H,1-2H2,(H,9,10);1-2H;2*1H/t4-,5+,6-,7-;3-,4+,5-,6-;;;/m11.../s1/i;;;;1+1D. The molecule has 4 fully saturated rings. The second kappa shape index (κ2) is 10.0. The Morgan fingerprint density at radius 3 is 1.96 bits per heavy atom. The van der Waals surface area contributed by atoms with E-state index in [0.717, 1.165) is 0 Å². The molecule has 4 saturated heterocycles. The molecule has 0 saturated carbocycles. The zero-order valence-corrected chi connectivity index (χ0v) is 14.7. The van der Waals surface area contributed by atoms with Crippen LogP contribution in [0, 0.1) is 36.0 Å². The fourth-order valence-corrected chi connectivity index (χ4v) is 3.28. The van der Waals surface area contributed by atoms with Gasteiger partial charge in [-0.1, -0.05) is 0 Å². The van der Waals surface area contributed by atoms with Crippen LogP contribution in [0.4, 0.5) is 0 Å². The Kier molecular flexibility index (Phi) is 8.07. The number of carboxylic acid groups (broad SMARTS) is 1. The molecular weight excluding hydrogens is 370 g/mol. The number of aliphatic hydroxyl groups is 2. The summed E-state index contributed by atoms with van der Waals surface area (Å²) < 4.78 is 30.6. The van der Waals surface area contributed by atoms with Gasteiger partial charge in [0.25, 0.3) is 0 Å². The highest BCUT2D eigenvalue weighted by Crippen LogP contribution is 2.31. The van der Waals surface area contributed by atoms with Gasteiger partial charge in [0.15, 0.2) is 0 Å². The van der Waals surface area contributed by atoms with E-state index in [4.69, 9.17) is 32.3 Å². The number of halogens is 1. The molecule has 0 aromatic heterocycles. The number of hydrogen-bond donors (Lipinski definition) is 3. The van der Waals surface area contributed by atoms with Crippen LogP contribution in [0.1, 0.15) is 2.97 Å². The first kappa shape index (κ1) is 20.9. The summed E-state index contributed by atoms with van der Waals surface area (Å²) in [6.07, 6.45) is 5.43. The van der Waals surface area contributed by atoms with Crippen LogP contribution in [0.15, 0.2) is 0 Å². The number of nitrogens with zero attached hydrogens (tertiary/aromatic N) is 1. The van der Waals surface area contributed by atoms with Gasteiger partial charge >= 0.3 is 5.97 Å². The summed E-state index contributed by atoms with van der Waals surface area (Å²) in [4.78, 5) is 10.6. The smallest absolute Gasteiger partial charge is 0.311 e. The van der Waals surface area contributed by atoms with Gasteiger partial charge in [-0.2, -0.15) is 5.26 Å². The van der Waals surface area contributed by atoms with E-state index in [1.807, 2.05) is 0 Å². The van der Waals surface area contributed by atoms with Crippen LogP contribution in [-0.2, 0) is 23.7 Å². The lowest BCUT2D eigenvalue weighted by Gasteiger charge is -2.10. The Balaban J connectivity index is 0.000000431. The normalized spacial score (nSPS) is 42.3. The van der Waals surface area contributed by atoms with Gasteiger partial charge in [0, 0.05) is 2.97 Å². The Morgan fingerprint density at radius 2 is 1.42 bits per heavy atom. The molecule has 4 aliphatic heterocycles.